The van der Waals surface area contributed by atoms with E-state index in [2.05, 4.69) is 46.8 Å². The van der Waals surface area contributed by atoms with Crippen LogP contribution in [0.5, 0.6) is 0 Å². The normalized spacial score (nSPS) is 20.5. The number of hydrogen-bond donors (Lipinski definition) is 2. The number of likely N-dealkylation sites (tertiary alicyclic amines) is 1. The summed E-state index contributed by atoms with van der Waals surface area (Å²) in [5, 5.41) is 5.86. The number of rotatable bonds is 3. The molecule has 1 saturated heterocycles. The second kappa shape index (κ2) is 6.48. The molecule has 23 heavy (non-hydrogen) atoms. The number of amides is 3. The molecule has 0 spiro atoms. The third-order valence-electron chi connectivity index (χ3n) is 4.68. The summed E-state index contributed by atoms with van der Waals surface area (Å²) >= 11 is 0. The third kappa shape index (κ3) is 3.41. The number of benzene rings is 1. The van der Waals surface area contributed by atoms with E-state index in [0.29, 0.717) is 25.6 Å². The summed E-state index contributed by atoms with van der Waals surface area (Å²) in [5.41, 5.74) is 2.56. The number of urea groups is 1. The summed E-state index contributed by atoms with van der Waals surface area (Å²) in [7, 11) is 2.11. The van der Waals surface area contributed by atoms with Gasteiger partial charge in [-0.25, -0.2) is 4.79 Å². The predicted molar refractivity (Wildman–Crippen MR) is 89.6 cm³/mol. The van der Waals surface area contributed by atoms with E-state index in [-0.39, 0.29) is 18.0 Å². The summed E-state index contributed by atoms with van der Waals surface area (Å²) in [5.74, 6) is 0.316. The molecule has 0 saturated carbocycles. The van der Waals surface area contributed by atoms with Crippen molar-refractivity contribution in [3.63, 3.8) is 0 Å². The Labute approximate surface area is 136 Å². The van der Waals surface area contributed by atoms with Crippen molar-refractivity contribution in [2.75, 3.05) is 38.1 Å². The van der Waals surface area contributed by atoms with Gasteiger partial charge in [0.25, 0.3) is 0 Å². The molecule has 2 heterocycles. The zero-order valence-electron chi connectivity index (χ0n) is 13.7. The molecule has 0 aromatic heterocycles. The Morgan fingerprint density at radius 3 is 2.74 bits per heavy atom. The lowest BCUT2D eigenvalue weighted by atomic mass is 9.90. The summed E-state index contributed by atoms with van der Waals surface area (Å²) < 4.78 is 0. The van der Waals surface area contributed by atoms with E-state index in [1.807, 2.05) is 0 Å². The molecule has 6 nitrogen and oxygen atoms in total. The summed E-state index contributed by atoms with van der Waals surface area (Å²) in [6.07, 6.45) is 1.04. The number of hydrogen-bond acceptors (Lipinski definition) is 3. The highest BCUT2D eigenvalue weighted by Crippen LogP contribution is 2.33. The van der Waals surface area contributed by atoms with Gasteiger partial charge in [-0.05, 0) is 18.1 Å². The lowest BCUT2D eigenvalue weighted by Gasteiger charge is -2.40. The third-order valence-corrected chi connectivity index (χ3v) is 4.68. The fourth-order valence-electron chi connectivity index (χ4n) is 3.36. The maximum Gasteiger partial charge on any atom is 0.317 e. The smallest absolute Gasteiger partial charge is 0.317 e. The largest absolute Gasteiger partial charge is 0.374 e. The van der Waals surface area contributed by atoms with Crippen LogP contribution < -0.4 is 15.5 Å². The van der Waals surface area contributed by atoms with Crippen LogP contribution in [0.1, 0.15) is 24.8 Å². The highest BCUT2D eigenvalue weighted by atomic mass is 16.2. The zero-order chi connectivity index (χ0) is 16.4. The van der Waals surface area contributed by atoms with Crippen LogP contribution in [0.25, 0.3) is 0 Å². The first kappa shape index (κ1) is 15.6. The van der Waals surface area contributed by atoms with Crippen LogP contribution in [0.15, 0.2) is 24.3 Å². The van der Waals surface area contributed by atoms with Gasteiger partial charge in [-0.1, -0.05) is 18.2 Å². The number of carbonyl (C=O) groups excluding carboxylic acids is 2. The Hall–Kier alpha value is -2.24. The average molecular weight is 316 g/mol. The van der Waals surface area contributed by atoms with Crippen molar-refractivity contribution in [1.82, 2.24) is 15.5 Å². The first-order valence-corrected chi connectivity index (χ1v) is 8.14. The van der Waals surface area contributed by atoms with E-state index in [1.165, 1.54) is 18.2 Å². The van der Waals surface area contributed by atoms with Crippen LogP contribution >= 0.6 is 0 Å². The van der Waals surface area contributed by atoms with Crippen molar-refractivity contribution in [1.29, 1.82) is 0 Å². The Balaban J connectivity index is 1.51. The van der Waals surface area contributed by atoms with Crippen molar-refractivity contribution in [2.45, 2.75) is 25.3 Å². The van der Waals surface area contributed by atoms with Crippen LogP contribution in [-0.4, -0.2) is 56.1 Å². The van der Waals surface area contributed by atoms with Gasteiger partial charge < -0.3 is 20.4 Å². The van der Waals surface area contributed by atoms with E-state index in [0.717, 1.165) is 13.0 Å². The summed E-state index contributed by atoms with van der Waals surface area (Å²) in [6.45, 7) is 4.35. The molecule has 0 radical (unpaired) electrons. The molecule has 124 valence electrons. The average Bonchev–Trinajstić information content (AvgIpc) is 2.49. The van der Waals surface area contributed by atoms with Crippen molar-refractivity contribution < 1.29 is 9.59 Å². The standard InChI is InChI=1S/C17H24N4O2/c1-12(22)19-14-10-21(11-14)17(23)18-9-13-7-8-20(2)16-6-4-3-5-15(13)16/h3-6,13-14H,7-11H2,1-2H3,(H,18,23)(H,19,22)/t13-/m0/s1. The molecule has 0 unspecified atom stereocenters. The Kier molecular flexibility index (Phi) is 4.41. The number of fused-ring (bicyclic) bond motifs is 1. The number of nitrogens with one attached hydrogen (secondary N) is 2. The van der Waals surface area contributed by atoms with Crippen LogP contribution in [0, 0.1) is 0 Å². The van der Waals surface area contributed by atoms with E-state index in [9.17, 15) is 9.59 Å². The van der Waals surface area contributed by atoms with Crippen LogP contribution in [0.4, 0.5) is 10.5 Å². The van der Waals surface area contributed by atoms with Crippen molar-refractivity contribution in [3.8, 4) is 0 Å². The van der Waals surface area contributed by atoms with Gasteiger partial charge in [0, 0.05) is 51.8 Å². The van der Waals surface area contributed by atoms with Gasteiger partial charge in [0.05, 0.1) is 6.04 Å². The molecule has 0 bridgehead atoms. The minimum absolute atomic E-state index is 0.0389. The van der Waals surface area contributed by atoms with Crippen molar-refractivity contribution in [2.24, 2.45) is 0 Å². The minimum atomic E-state index is -0.0435. The Bertz CT molecular complexity index is 598. The van der Waals surface area contributed by atoms with Gasteiger partial charge in [0.2, 0.25) is 5.91 Å². The molecular weight excluding hydrogens is 292 g/mol. The van der Waals surface area contributed by atoms with E-state index in [1.54, 1.807) is 4.90 Å². The minimum Gasteiger partial charge on any atom is -0.374 e. The van der Waals surface area contributed by atoms with Gasteiger partial charge >= 0.3 is 6.03 Å². The number of anilines is 1. The first-order chi connectivity index (χ1) is 11.0. The lowest BCUT2D eigenvalue weighted by molar-refractivity contribution is -0.120. The van der Waals surface area contributed by atoms with Crippen LogP contribution in [-0.2, 0) is 4.79 Å². The number of para-hydroxylation sites is 1. The Morgan fingerprint density at radius 1 is 1.26 bits per heavy atom. The fraction of sp³-hybridized carbons (Fsp3) is 0.529. The molecule has 3 rings (SSSR count). The topological polar surface area (TPSA) is 64.7 Å². The van der Waals surface area contributed by atoms with Gasteiger partial charge in [-0.2, -0.15) is 0 Å². The molecule has 3 amide bonds. The number of nitrogens with zero attached hydrogens (tertiary/aromatic N) is 2. The summed E-state index contributed by atoms with van der Waals surface area (Å²) in [4.78, 5) is 27.1. The molecule has 0 aliphatic carbocycles. The van der Waals surface area contributed by atoms with E-state index < -0.39 is 0 Å². The van der Waals surface area contributed by atoms with Gasteiger partial charge in [-0.15, -0.1) is 0 Å². The van der Waals surface area contributed by atoms with Gasteiger partial charge in [0.15, 0.2) is 0 Å². The van der Waals surface area contributed by atoms with Crippen LogP contribution in [0.3, 0.4) is 0 Å². The molecule has 2 aliphatic heterocycles. The molecule has 1 aromatic rings. The van der Waals surface area contributed by atoms with Crippen molar-refractivity contribution in [3.05, 3.63) is 29.8 Å². The Morgan fingerprint density at radius 2 is 2.00 bits per heavy atom. The molecule has 1 fully saturated rings. The highest BCUT2D eigenvalue weighted by molar-refractivity contribution is 5.77. The highest BCUT2D eigenvalue weighted by Gasteiger charge is 2.31. The first-order valence-electron chi connectivity index (χ1n) is 8.14. The van der Waals surface area contributed by atoms with Crippen molar-refractivity contribution >= 4 is 17.6 Å². The maximum atomic E-state index is 12.2. The monoisotopic (exact) mass is 316 g/mol. The molecule has 1 atom stereocenters. The molecule has 1 aromatic carbocycles. The van der Waals surface area contributed by atoms with Crippen LogP contribution in [0.2, 0.25) is 0 Å². The SMILES string of the molecule is CC(=O)NC1CN(C(=O)NC[C@@H]2CCN(C)c3ccccc32)C1. The molecule has 2 aliphatic rings. The van der Waals surface area contributed by atoms with Gasteiger partial charge in [-0.3, -0.25) is 4.79 Å². The zero-order valence-corrected chi connectivity index (χ0v) is 13.7. The molecule has 2 N–H and O–H groups in total. The van der Waals surface area contributed by atoms with Gasteiger partial charge in [0.1, 0.15) is 0 Å². The molecule has 6 heteroatoms. The second-order valence-electron chi connectivity index (χ2n) is 6.45. The maximum absolute atomic E-state index is 12.2. The predicted octanol–water partition coefficient (Wildman–Crippen LogP) is 1.14. The fourth-order valence-corrected chi connectivity index (χ4v) is 3.36. The quantitative estimate of drug-likeness (QED) is 0.879. The summed E-state index contributed by atoms with van der Waals surface area (Å²) in [6, 6.07) is 8.46. The van der Waals surface area contributed by atoms with E-state index >= 15 is 0 Å². The van der Waals surface area contributed by atoms with E-state index in [4.69, 9.17) is 0 Å². The molecular formula is C17H24N4O2. The number of carbonyl (C=O) groups is 2. The lowest BCUT2D eigenvalue weighted by Crippen LogP contribution is -2.62. The second-order valence-corrected chi connectivity index (χ2v) is 6.45.